The summed E-state index contributed by atoms with van der Waals surface area (Å²) in [6.07, 6.45) is 0. The van der Waals surface area contributed by atoms with E-state index in [-0.39, 0.29) is 0 Å². The zero-order valence-corrected chi connectivity index (χ0v) is 9.58. The Balaban J connectivity index is 2.97. The summed E-state index contributed by atoms with van der Waals surface area (Å²) in [4.78, 5) is 0. The minimum absolute atomic E-state index is 0.601. The summed E-state index contributed by atoms with van der Waals surface area (Å²) in [6, 6.07) is 5.67. The van der Waals surface area contributed by atoms with E-state index in [0.29, 0.717) is 25.6 Å². The fraction of sp³-hybridized carbons (Fsp3) is 0.500. The summed E-state index contributed by atoms with van der Waals surface area (Å²) in [6.45, 7) is 7.68. The molecule has 0 atom stereocenters. The molecule has 1 rings (SSSR count). The average molecular weight is 210 g/mol. The van der Waals surface area contributed by atoms with Crippen LogP contribution in [0.1, 0.15) is 20.8 Å². The molecule has 0 aliphatic carbocycles. The van der Waals surface area contributed by atoms with Gasteiger partial charge in [-0.1, -0.05) is 6.07 Å². The molecule has 0 radical (unpaired) electrons. The van der Waals surface area contributed by atoms with Crippen LogP contribution in [0.3, 0.4) is 0 Å². The van der Waals surface area contributed by atoms with Crippen LogP contribution in [0.5, 0.6) is 17.2 Å². The third-order valence-electron chi connectivity index (χ3n) is 1.83. The van der Waals surface area contributed by atoms with Gasteiger partial charge in [0.25, 0.3) is 0 Å². The van der Waals surface area contributed by atoms with Crippen LogP contribution in [0, 0.1) is 0 Å². The summed E-state index contributed by atoms with van der Waals surface area (Å²) >= 11 is 0. The van der Waals surface area contributed by atoms with Crippen LogP contribution in [0.15, 0.2) is 18.2 Å². The molecule has 0 heterocycles. The largest absolute Gasteiger partial charge is 0.490 e. The van der Waals surface area contributed by atoms with E-state index < -0.39 is 0 Å². The van der Waals surface area contributed by atoms with Gasteiger partial charge in [-0.3, -0.25) is 0 Å². The molecule has 84 valence electrons. The van der Waals surface area contributed by atoms with Crippen LogP contribution in [0.25, 0.3) is 0 Å². The maximum atomic E-state index is 5.52. The predicted molar refractivity (Wildman–Crippen MR) is 59.9 cm³/mol. The Morgan fingerprint density at radius 2 is 1.27 bits per heavy atom. The lowest BCUT2D eigenvalue weighted by molar-refractivity contribution is 0.261. The zero-order valence-electron chi connectivity index (χ0n) is 9.58. The number of hydrogen-bond donors (Lipinski definition) is 0. The van der Waals surface area contributed by atoms with Gasteiger partial charge in [-0.05, 0) is 32.9 Å². The van der Waals surface area contributed by atoms with Gasteiger partial charge in [0.1, 0.15) is 0 Å². The van der Waals surface area contributed by atoms with Crippen LogP contribution in [-0.4, -0.2) is 19.8 Å². The van der Waals surface area contributed by atoms with Crippen molar-refractivity contribution < 1.29 is 14.2 Å². The molecular formula is C12H18O3. The van der Waals surface area contributed by atoms with Gasteiger partial charge in [-0.15, -0.1) is 0 Å². The van der Waals surface area contributed by atoms with Crippen LogP contribution < -0.4 is 14.2 Å². The van der Waals surface area contributed by atoms with Crippen molar-refractivity contribution in [1.82, 2.24) is 0 Å². The molecule has 1 aromatic carbocycles. The SMILES string of the molecule is CCOc1cccc(OCC)c1OCC. The van der Waals surface area contributed by atoms with Crippen molar-refractivity contribution in [3.8, 4) is 17.2 Å². The van der Waals surface area contributed by atoms with Crippen LogP contribution in [0.2, 0.25) is 0 Å². The topological polar surface area (TPSA) is 27.7 Å². The first-order chi connectivity index (χ1) is 7.33. The van der Waals surface area contributed by atoms with Crippen molar-refractivity contribution in [2.45, 2.75) is 20.8 Å². The minimum atomic E-state index is 0.601. The van der Waals surface area contributed by atoms with E-state index in [0.717, 1.165) is 11.5 Å². The Morgan fingerprint density at radius 3 is 1.67 bits per heavy atom. The Kier molecular flexibility index (Phi) is 4.81. The van der Waals surface area contributed by atoms with Crippen molar-refractivity contribution in [2.24, 2.45) is 0 Å². The summed E-state index contributed by atoms with van der Waals surface area (Å²) in [5, 5.41) is 0. The molecule has 0 unspecified atom stereocenters. The summed E-state index contributed by atoms with van der Waals surface area (Å²) in [7, 11) is 0. The lowest BCUT2D eigenvalue weighted by Gasteiger charge is -2.14. The van der Waals surface area contributed by atoms with E-state index >= 15 is 0 Å². The average Bonchev–Trinajstić information content (AvgIpc) is 2.23. The molecule has 0 N–H and O–H groups in total. The second-order valence-corrected chi connectivity index (χ2v) is 2.88. The van der Waals surface area contributed by atoms with Gasteiger partial charge in [0.15, 0.2) is 11.5 Å². The molecule has 0 saturated heterocycles. The van der Waals surface area contributed by atoms with Gasteiger partial charge in [-0.25, -0.2) is 0 Å². The zero-order chi connectivity index (χ0) is 11.1. The molecule has 0 bridgehead atoms. The van der Waals surface area contributed by atoms with Crippen LogP contribution in [-0.2, 0) is 0 Å². The number of rotatable bonds is 6. The molecule has 1 aromatic rings. The molecule has 0 aromatic heterocycles. The van der Waals surface area contributed by atoms with Gasteiger partial charge in [0, 0.05) is 0 Å². The number of hydrogen-bond acceptors (Lipinski definition) is 3. The summed E-state index contributed by atoms with van der Waals surface area (Å²) < 4.78 is 16.5. The molecule has 3 nitrogen and oxygen atoms in total. The Morgan fingerprint density at radius 1 is 0.800 bits per heavy atom. The highest BCUT2D eigenvalue weighted by Gasteiger charge is 2.10. The van der Waals surface area contributed by atoms with E-state index in [1.807, 2.05) is 39.0 Å². The summed E-state index contributed by atoms with van der Waals surface area (Å²) in [5.74, 6) is 2.18. The third kappa shape index (κ3) is 3.05. The molecule has 0 saturated carbocycles. The predicted octanol–water partition coefficient (Wildman–Crippen LogP) is 2.88. The second-order valence-electron chi connectivity index (χ2n) is 2.88. The second kappa shape index (κ2) is 6.17. The molecule has 0 spiro atoms. The quantitative estimate of drug-likeness (QED) is 0.722. The molecule has 0 aliphatic heterocycles. The highest BCUT2D eigenvalue weighted by atomic mass is 16.5. The Hall–Kier alpha value is -1.38. The first-order valence-corrected chi connectivity index (χ1v) is 5.34. The molecule has 0 aliphatic rings. The molecule has 3 heteroatoms. The summed E-state index contributed by atoms with van der Waals surface area (Å²) in [5.41, 5.74) is 0. The van der Waals surface area contributed by atoms with E-state index in [1.165, 1.54) is 0 Å². The number of ether oxygens (including phenoxy) is 3. The molecule has 15 heavy (non-hydrogen) atoms. The first kappa shape index (κ1) is 11.7. The lowest BCUT2D eigenvalue weighted by Crippen LogP contribution is -2.01. The van der Waals surface area contributed by atoms with Crippen LogP contribution in [0.4, 0.5) is 0 Å². The van der Waals surface area contributed by atoms with Gasteiger partial charge in [0.05, 0.1) is 19.8 Å². The van der Waals surface area contributed by atoms with Gasteiger partial charge in [0.2, 0.25) is 5.75 Å². The molecule has 0 fully saturated rings. The van der Waals surface area contributed by atoms with E-state index in [2.05, 4.69) is 0 Å². The Bertz CT molecular complexity index is 273. The maximum absolute atomic E-state index is 5.52. The fourth-order valence-corrected chi connectivity index (χ4v) is 1.32. The van der Waals surface area contributed by atoms with Gasteiger partial charge >= 0.3 is 0 Å². The van der Waals surface area contributed by atoms with Crippen molar-refractivity contribution in [1.29, 1.82) is 0 Å². The fourth-order valence-electron chi connectivity index (χ4n) is 1.32. The highest BCUT2D eigenvalue weighted by Crippen LogP contribution is 2.37. The van der Waals surface area contributed by atoms with E-state index in [1.54, 1.807) is 0 Å². The van der Waals surface area contributed by atoms with E-state index in [4.69, 9.17) is 14.2 Å². The lowest BCUT2D eigenvalue weighted by atomic mass is 10.3. The smallest absolute Gasteiger partial charge is 0.203 e. The maximum Gasteiger partial charge on any atom is 0.203 e. The Labute approximate surface area is 91.0 Å². The normalized spacial score (nSPS) is 9.80. The first-order valence-electron chi connectivity index (χ1n) is 5.34. The molecule has 0 amide bonds. The minimum Gasteiger partial charge on any atom is -0.490 e. The van der Waals surface area contributed by atoms with Gasteiger partial charge < -0.3 is 14.2 Å². The standard InChI is InChI=1S/C12H18O3/c1-4-13-10-8-7-9-11(14-5-2)12(10)15-6-3/h7-9H,4-6H2,1-3H3. The van der Waals surface area contributed by atoms with Gasteiger partial charge in [-0.2, -0.15) is 0 Å². The van der Waals surface area contributed by atoms with Crippen molar-refractivity contribution in [2.75, 3.05) is 19.8 Å². The van der Waals surface area contributed by atoms with Crippen molar-refractivity contribution in [3.05, 3.63) is 18.2 Å². The number of benzene rings is 1. The third-order valence-corrected chi connectivity index (χ3v) is 1.83. The van der Waals surface area contributed by atoms with Crippen molar-refractivity contribution >= 4 is 0 Å². The van der Waals surface area contributed by atoms with Crippen molar-refractivity contribution in [3.63, 3.8) is 0 Å². The monoisotopic (exact) mass is 210 g/mol. The highest BCUT2D eigenvalue weighted by molar-refractivity contribution is 5.51. The van der Waals surface area contributed by atoms with E-state index in [9.17, 15) is 0 Å². The molecular weight excluding hydrogens is 192 g/mol. The van der Waals surface area contributed by atoms with Crippen LogP contribution >= 0.6 is 0 Å². The number of para-hydroxylation sites is 1.